The number of aromatic hydroxyl groups is 2. The van der Waals surface area contributed by atoms with Crippen molar-refractivity contribution in [3.8, 4) is 11.5 Å². The fourth-order valence-electron chi connectivity index (χ4n) is 7.54. The van der Waals surface area contributed by atoms with E-state index in [9.17, 15) is 67.5 Å². The van der Waals surface area contributed by atoms with E-state index in [2.05, 4.69) is 37.2 Å². The molecule has 1 unspecified atom stereocenters. The summed E-state index contributed by atoms with van der Waals surface area (Å²) in [6.07, 6.45) is 0.256. The summed E-state index contributed by atoms with van der Waals surface area (Å²) < 4.78 is 13.1. The van der Waals surface area contributed by atoms with Gasteiger partial charge in [-0.25, -0.2) is 0 Å². The van der Waals surface area contributed by atoms with Crippen molar-refractivity contribution in [2.45, 2.75) is 139 Å². The maximum absolute atomic E-state index is 14.5. The molecular formula is C42H63N9O14S. The Balaban J connectivity index is 2.09. The lowest BCUT2D eigenvalue weighted by Gasteiger charge is -2.38. The van der Waals surface area contributed by atoms with Gasteiger partial charge >= 0.3 is 5.97 Å². The Labute approximate surface area is 383 Å². The molecule has 14 N–H and O–H groups in total. The van der Waals surface area contributed by atoms with Crippen LogP contribution in [0.4, 0.5) is 0 Å². The zero-order valence-electron chi connectivity index (χ0n) is 37.1. The number of carbonyl (C=O) groups is 10. The molecule has 1 spiro atoms. The van der Waals surface area contributed by atoms with Crippen LogP contribution >= 0.6 is 0 Å². The average molecular weight is 950 g/mol. The zero-order chi connectivity index (χ0) is 49.1. The van der Waals surface area contributed by atoms with Gasteiger partial charge in [0.1, 0.15) is 41.5 Å². The van der Waals surface area contributed by atoms with Crippen molar-refractivity contribution in [2.24, 2.45) is 17.4 Å². The maximum Gasteiger partial charge on any atom is 0.303 e. The fourth-order valence-corrected chi connectivity index (χ4v) is 8.66. The van der Waals surface area contributed by atoms with Crippen LogP contribution in [-0.4, -0.2) is 132 Å². The number of nitrogens with two attached hydrogens (primary N) is 2. The summed E-state index contributed by atoms with van der Waals surface area (Å²) >= 11 is 0. The summed E-state index contributed by atoms with van der Waals surface area (Å²) in [5.74, 6) is -11.7. The van der Waals surface area contributed by atoms with Gasteiger partial charge < -0.3 is 64.0 Å². The third-order valence-corrected chi connectivity index (χ3v) is 12.3. The molecule has 1 aliphatic carbocycles. The highest BCUT2D eigenvalue weighted by Gasteiger charge is 2.44. The molecule has 24 heteroatoms. The molecule has 6 atom stereocenters. The van der Waals surface area contributed by atoms with Crippen molar-refractivity contribution in [1.29, 1.82) is 0 Å². The Bertz CT molecular complexity index is 1990. The largest absolute Gasteiger partial charge is 0.504 e. The number of aliphatic carboxylic acids is 1. The van der Waals surface area contributed by atoms with Crippen LogP contribution in [0.2, 0.25) is 0 Å². The lowest BCUT2D eigenvalue weighted by molar-refractivity contribution is -0.139. The SMILES string of the molecule is CC(C)C[C@@H]1NC(=O)[C@H](CCCC(=O)O)NC(=O)CS(=O)C[C@@H](C(N)=O)NC(=O)CCCCNC(=O)[C@H](CC(N)=O)NC(=O)C2(CCCCC2)NC(=O)[C@H](Cc2ccc(O)c(O)c2)NC1=O. The predicted octanol–water partition coefficient (Wildman–Crippen LogP) is -2.41. The van der Waals surface area contributed by atoms with Crippen molar-refractivity contribution in [3.63, 3.8) is 0 Å². The number of phenols is 2. The molecule has 2 fully saturated rings. The number of phenolic OH excluding ortho intramolecular Hbond substituents is 2. The van der Waals surface area contributed by atoms with Crippen LogP contribution in [-0.2, 0) is 65.2 Å². The molecule has 366 valence electrons. The molecule has 1 aromatic rings. The number of carbonyl (C=O) groups excluding carboxylic acids is 9. The number of hydrogen-bond acceptors (Lipinski definition) is 13. The van der Waals surface area contributed by atoms with Crippen LogP contribution in [0.25, 0.3) is 0 Å². The first-order chi connectivity index (χ1) is 31.1. The van der Waals surface area contributed by atoms with E-state index < -0.39 is 142 Å². The quantitative estimate of drug-likeness (QED) is 0.103. The van der Waals surface area contributed by atoms with Gasteiger partial charge in [-0.3, -0.25) is 52.2 Å². The first-order valence-corrected chi connectivity index (χ1v) is 23.3. The second kappa shape index (κ2) is 26.0. The second-order valence-electron chi connectivity index (χ2n) is 17.0. The highest BCUT2D eigenvalue weighted by molar-refractivity contribution is 7.85. The maximum atomic E-state index is 14.5. The Kier molecular flexibility index (Phi) is 21.3. The summed E-state index contributed by atoms with van der Waals surface area (Å²) in [5, 5.41) is 47.4. The zero-order valence-corrected chi connectivity index (χ0v) is 37.9. The normalized spacial score (nSPS) is 24.9. The van der Waals surface area contributed by atoms with Crippen molar-refractivity contribution < 1.29 is 67.5 Å². The molecule has 0 bridgehead atoms. The number of rotatable bonds is 11. The van der Waals surface area contributed by atoms with E-state index in [0.717, 1.165) is 12.1 Å². The van der Waals surface area contributed by atoms with Gasteiger partial charge in [0.2, 0.25) is 53.2 Å². The van der Waals surface area contributed by atoms with Gasteiger partial charge in [-0.1, -0.05) is 39.2 Å². The summed E-state index contributed by atoms with van der Waals surface area (Å²) in [7, 11) is -2.14. The summed E-state index contributed by atoms with van der Waals surface area (Å²) in [4.78, 5) is 132. The number of primary amides is 2. The van der Waals surface area contributed by atoms with Crippen molar-refractivity contribution in [2.75, 3.05) is 18.1 Å². The van der Waals surface area contributed by atoms with E-state index in [1.165, 1.54) is 6.07 Å². The smallest absolute Gasteiger partial charge is 0.303 e. The number of amides is 9. The molecule has 1 aliphatic heterocycles. The van der Waals surface area contributed by atoms with Gasteiger partial charge in [-0.2, -0.15) is 0 Å². The lowest BCUT2D eigenvalue weighted by atomic mass is 9.80. The van der Waals surface area contributed by atoms with Gasteiger partial charge in [-0.05, 0) is 68.6 Å². The van der Waals surface area contributed by atoms with E-state index in [1.54, 1.807) is 13.8 Å². The number of nitrogens with one attached hydrogen (secondary N) is 7. The van der Waals surface area contributed by atoms with Gasteiger partial charge in [0.25, 0.3) is 0 Å². The number of carboxylic acid groups (broad SMARTS) is 1. The minimum atomic E-state index is -2.14. The van der Waals surface area contributed by atoms with E-state index in [-0.39, 0.29) is 75.8 Å². The van der Waals surface area contributed by atoms with Crippen LogP contribution in [0.1, 0.15) is 103 Å². The van der Waals surface area contributed by atoms with Crippen molar-refractivity contribution in [3.05, 3.63) is 23.8 Å². The predicted molar refractivity (Wildman–Crippen MR) is 236 cm³/mol. The average Bonchev–Trinajstić information content (AvgIpc) is 3.22. The molecule has 0 radical (unpaired) electrons. The number of carboxylic acids is 1. The van der Waals surface area contributed by atoms with E-state index in [0.29, 0.717) is 19.3 Å². The summed E-state index contributed by atoms with van der Waals surface area (Å²) in [6.45, 7) is 3.44. The molecule has 23 nitrogen and oxygen atoms in total. The van der Waals surface area contributed by atoms with Crippen LogP contribution < -0.4 is 48.7 Å². The first-order valence-electron chi connectivity index (χ1n) is 21.8. The standard InChI is InChI=1S/C42H63N9O14S/c1-23(2)17-26-39(62)49-27(18-24-12-13-30(52)31(53)19-24)40(63)51-42(14-5-3-6-15-42)41(64)50-28(20-32(43)54)37(60)45-16-7-4-10-33(55)47-29(36(44)59)21-66(65)22-34(56)46-25(38(61)48-26)9-8-11-35(57)58/h12-13,19,23,25-29,52-53H,3-11,14-18,20-22H2,1-2H3,(H2,43,54)(H2,44,59)(H,45,60)(H,46,56)(H,47,55)(H,48,61)(H,49,62)(H,50,64)(H,51,63)(H,57,58)/t25-,26-,27-,28-,29-,66?/m0/s1. The van der Waals surface area contributed by atoms with Crippen LogP contribution in [0, 0.1) is 5.92 Å². The topological polar surface area (TPSA) is 385 Å². The molecule has 2 aliphatic rings. The molecule has 1 aromatic carbocycles. The van der Waals surface area contributed by atoms with Crippen LogP contribution in [0.3, 0.4) is 0 Å². The third kappa shape index (κ3) is 17.9. The minimum Gasteiger partial charge on any atom is -0.504 e. The summed E-state index contributed by atoms with van der Waals surface area (Å²) in [6, 6.07) is -3.61. The minimum absolute atomic E-state index is 0.0262. The Hall–Kier alpha value is -6.33. The molecular weight excluding hydrogens is 887 g/mol. The van der Waals surface area contributed by atoms with Crippen LogP contribution in [0.15, 0.2) is 18.2 Å². The third-order valence-electron chi connectivity index (χ3n) is 11.0. The van der Waals surface area contributed by atoms with Crippen molar-refractivity contribution >= 4 is 69.9 Å². The molecule has 1 saturated heterocycles. The van der Waals surface area contributed by atoms with E-state index in [4.69, 9.17) is 11.5 Å². The number of benzene rings is 1. The second-order valence-corrected chi connectivity index (χ2v) is 18.5. The lowest BCUT2D eigenvalue weighted by Crippen LogP contribution is -2.66. The first kappa shape index (κ1) is 54.0. The molecule has 1 heterocycles. The highest BCUT2D eigenvalue weighted by atomic mass is 32.2. The molecule has 9 amide bonds. The Morgan fingerprint density at radius 1 is 0.773 bits per heavy atom. The monoisotopic (exact) mass is 949 g/mol. The van der Waals surface area contributed by atoms with Crippen LogP contribution in [0.5, 0.6) is 11.5 Å². The van der Waals surface area contributed by atoms with Gasteiger partial charge in [0.05, 0.1) is 12.2 Å². The molecule has 66 heavy (non-hydrogen) atoms. The van der Waals surface area contributed by atoms with Crippen molar-refractivity contribution in [1.82, 2.24) is 37.2 Å². The molecule has 0 aromatic heterocycles. The van der Waals surface area contributed by atoms with Gasteiger partial charge in [0, 0.05) is 36.6 Å². The van der Waals surface area contributed by atoms with E-state index in [1.807, 2.05) is 0 Å². The van der Waals surface area contributed by atoms with Gasteiger partial charge in [0.15, 0.2) is 11.5 Å². The highest BCUT2D eigenvalue weighted by Crippen LogP contribution is 2.30. The van der Waals surface area contributed by atoms with E-state index >= 15 is 0 Å². The van der Waals surface area contributed by atoms with Gasteiger partial charge in [-0.15, -0.1) is 0 Å². The molecule has 1 saturated carbocycles. The fraction of sp³-hybridized carbons (Fsp3) is 0.619. The molecule has 3 rings (SSSR count). The Morgan fingerprint density at radius 2 is 1.44 bits per heavy atom. The Morgan fingerprint density at radius 3 is 2.06 bits per heavy atom. The number of hydrogen-bond donors (Lipinski definition) is 12. The summed E-state index contributed by atoms with van der Waals surface area (Å²) in [5.41, 5.74) is 9.49.